The fourth-order valence-electron chi connectivity index (χ4n) is 1.38. The van der Waals surface area contributed by atoms with Crippen molar-refractivity contribution in [1.82, 2.24) is 10.1 Å². The minimum Gasteiger partial charge on any atom is -0.399 e. The van der Waals surface area contributed by atoms with E-state index in [2.05, 4.69) is 0 Å². The van der Waals surface area contributed by atoms with Crippen molar-refractivity contribution in [1.29, 1.82) is 0 Å². The Morgan fingerprint density at radius 2 is 2.17 bits per heavy atom. The molecule has 70 valence electrons. The van der Waals surface area contributed by atoms with E-state index in [9.17, 15) is 0 Å². The summed E-state index contributed by atoms with van der Waals surface area (Å²) in [5, 5.41) is 12.1. The van der Waals surface area contributed by atoms with E-state index in [1.807, 2.05) is 14.0 Å². The van der Waals surface area contributed by atoms with Gasteiger partial charge in [-0.1, -0.05) is 0 Å². The second-order valence-corrected chi connectivity index (χ2v) is 2.96. The molecule has 1 rings (SSSR count). The lowest BCUT2D eigenvalue weighted by atomic mass is 10.2. The minimum atomic E-state index is 0.0246. The van der Waals surface area contributed by atoms with E-state index in [1.54, 1.807) is 10.1 Å². The molecule has 0 aromatic rings. The van der Waals surface area contributed by atoms with Gasteiger partial charge >= 0.3 is 0 Å². The predicted octanol–water partition coefficient (Wildman–Crippen LogP) is -1.04. The molecule has 12 heavy (non-hydrogen) atoms. The van der Waals surface area contributed by atoms with Gasteiger partial charge in [-0.2, -0.15) is 5.12 Å². The van der Waals surface area contributed by atoms with E-state index in [1.165, 1.54) is 0 Å². The van der Waals surface area contributed by atoms with Crippen LogP contribution in [-0.4, -0.2) is 34.9 Å². The maximum absolute atomic E-state index is 8.76. The number of aliphatic hydroxyl groups is 1. The average Bonchev–Trinajstić information content (AvgIpc) is 2.23. The van der Waals surface area contributed by atoms with Crippen molar-refractivity contribution in [3.05, 3.63) is 11.4 Å². The van der Waals surface area contributed by atoms with Gasteiger partial charge in [0.05, 0.1) is 11.7 Å². The molecule has 5 N–H and O–H groups in total. The van der Waals surface area contributed by atoms with Crippen molar-refractivity contribution < 1.29 is 5.11 Å². The zero-order valence-electron chi connectivity index (χ0n) is 7.49. The molecule has 0 saturated heterocycles. The van der Waals surface area contributed by atoms with Crippen LogP contribution in [0.15, 0.2) is 11.4 Å². The molecule has 1 aliphatic rings. The molecule has 0 radical (unpaired) electrons. The molecule has 0 aromatic carbocycles. The highest BCUT2D eigenvalue weighted by Gasteiger charge is 2.29. The van der Waals surface area contributed by atoms with Crippen molar-refractivity contribution in [3.63, 3.8) is 0 Å². The maximum atomic E-state index is 8.76. The summed E-state index contributed by atoms with van der Waals surface area (Å²) in [4.78, 5) is 0. The van der Waals surface area contributed by atoms with E-state index in [0.717, 1.165) is 11.4 Å². The second kappa shape index (κ2) is 3.30. The first kappa shape index (κ1) is 9.31. The SMILES string of the molecule is CC1C(N)=C(CCO)N(C)N1N. The number of aliphatic hydroxyl groups excluding tert-OH is 1. The summed E-state index contributed by atoms with van der Waals surface area (Å²) in [7, 11) is 1.83. The maximum Gasteiger partial charge on any atom is 0.0832 e. The summed E-state index contributed by atoms with van der Waals surface area (Å²) in [6, 6.07) is 0.0246. The molecule has 0 spiro atoms. The molecule has 1 aliphatic heterocycles. The molecule has 0 fully saturated rings. The summed E-state index contributed by atoms with van der Waals surface area (Å²) in [6.45, 7) is 2.02. The van der Waals surface area contributed by atoms with Crippen LogP contribution in [0.3, 0.4) is 0 Å². The van der Waals surface area contributed by atoms with Gasteiger partial charge in [0.25, 0.3) is 0 Å². The van der Waals surface area contributed by atoms with Crippen LogP contribution in [0.5, 0.6) is 0 Å². The van der Waals surface area contributed by atoms with Gasteiger partial charge in [-0.15, -0.1) is 0 Å². The lowest BCUT2D eigenvalue weighted by molar-refractivity contribution is 0.0297. The topological polar surface area (TPSA) is 78.8 Å². The molecule has 0 aromatic heterocycles. The number of hydrogen-bond donors (Lipinski definition) is 3. The molecule has 5 heteroatoms. The molecule has 0 saturated carbocycles. The Kier molecular flexibility index (Phi) is 2.56. The first-order chi connectivity index (χ1) is 5.59. The largest absolute Gasteiger partial charge is 0.399 e. The normalized spacial score (nSPS) is 25.7. The van der Waals surface area contributed by atoms with Gasteiger partial charge in [-0.05, 0) is 6.92 Å². The van der Waals surface area contributed by atoms with Gasteiger partial charge in [-0.3, -0.25) is 5.01 Å². The summed E-state index contributed by atoms with van der Waals surface area (Å²) in [5.41, 5.74) is 7.45. The minimum absolute atomic E-state index is 0.0246. The summed E-state index contributed by atoms with van der Waals surface area (Å²) in [5.74, 6) is 5.69. The van der Waals surface area contributed by atoms with Gasteiger partial charge in [0.1, 0.15) is 0 Å². The Bertz CT molecular complexity index is 204. The monoisotopic (exact) mass is 172 g/mol. The van der Waals surface area contributed by atoms with E-state index in [0.29, 0.717) is 6.42 Å². The highest BCUT2D eigenvalue weighted by molar-refractivity contribution is 5.19. The third kappa shape index (κ3) is 1.26. The molecule has 1 unspecified atom stereocenters. The lowest BCUT2D eigenvalue weighted by Gasteiger charge is -2.25. The first-order valence-corrected chi connectivity index (χ1v) is 3.96. The standard InChI is InChI=1S/C7H16N4O/c1-5-7(8)6(3-4-12)10(2)11(5)9/h5,12H,3-4,8-9H2,1-2H3. The zero-order chi connectivity index (χ0) is 9.30. The highest BCUT2D eigenvalue weighted by Crippen LogP contribution is 2.23. The zero-order valence-corrected chi connectivity index (χ0v) is 7.49. The van der Waals surface area contributed by atoms with Crippen molar-refractivity contribution in [3.8, 4) is 0 Å². The van der Waals surface area contributed by atoms with Gasteiger partial charge in [0.15, 0.2) is 0 Å². The smallest absolute Gasteiger partial charge is 0.0832 e. The third-order valence-electron chi connectivity index (χ3n) is 2.27. The Labute approximate surface area is 72.2 Å². The Morgan fingerprint density at radius 3 is 2.50 bits per heavy atom. The van der Waals surface area contributed by atoms with Crippen molar-refractivity contribution in [2.45, 2.75) is 19.4 Å². The summed E-state index contributed by atoms with van der Waals surface area (Å²) >= 11 is 0. The second-order valence-electron chi connectivity index (χ2n) is 2.96. The van der Waals surface area contributed by atoms with Gasteiger partial charge in [0.2, 0.25) is 0 Å². The number of nitrogens with zero attached hydrogens (tertiary/aromatic N) is 2. The fourth-order valence-corrected chi connectivity index (χ4v) is 1.38. The molecule has 0 amide bonds. The van der Waals surface area contributed by atoms with Crippen molar-refractivity contribution in [2.24, 2.45) is 11.6 Å². The number of nitrogens with two attached hydrogens (primary N) is 2. The molecular formula is C7H16N4O. The number of hydrogen-bond acceptors (Lipinski definition) is 5. The molecule has 0 aliphatic carbocycles. The van der Waals surface area contributed by atoms with E-state index < -0.39 is 0 Å². The number of rotatable bonds is 2. The molecule has 1 atom stereocenters. The predicted molar refractivity (Wildman–Crippen MR) is 46.2 cm³/mol. The summed E-state index contributed by atoms with van der Waals surface area (Å²) in [6.07, 6.45) is 0.556. The van der Waals surface area contributed by atoms with Crippen LogP contribution >= 0.6 is 0 Å². The first-order valence-electron chi connectivity index (χ1n) is 3.96. The van der Waals surface area contributed by atoms with Crippen molar-refractivity contribution >= 4 is 0 Å². The Balaban J connectivity index is 2.80. The molecule has 1 heterocycles. The fraction of sp³-hybridized carbons (Fsp3) is 0.714. The van der Waals surface area contributed by atoms with Crippen LogP contribution in [-0.2, 0) is 0 Å². The highest BCUT2D eigenvalue weighted by atomic mass is 16.3. The third-order valence-corrected chi connectivity index (χ3v) is 2.27. The molecular weight excluding hydrogens is 156 g/mol. The Morgan fingerprint density at radius 1 is 1.58 bits per heavy atom. The van der Waals surface area contributed by atoms with Crippen LogP contribution in [0, 0.1) is 0 Å². The summed E-state index contributed by atoms with van der Waals surface area (Å²) < 4.78 is 0. The average molecular weight is 172 g/mol. The van der Waals surface area contributed by atoms with Crippen LogP contribution in [0.1, 0.15) is 13.3 Å². The number of hydrazine groups is 2. The van der Waals surface area contributed by atoms with Gasteiger partial charge in [0, 0.05) is 25.8 Å². The quantitative estimate of drug-likeness (QED) is 0.464. The molecule has 0 bridgehead atoms. The van der Waals surface area contributed by atoms with Gasteiger partial charge < -0.3 is 10.8 Å². The van der Waals surface area contributed by atoms with Crippen LogP contribution in [0.25, 0.3) is 0 Å². The van der Waals surface area contributed by atoms with Crippen molar-refractivity contribution in [2.75, 3.05) is 13.7 Å². The van der Waals surface area contributed by atoms with E-state index in [-0.39, 0.29) is 12.6 Å². The van der Waals surface area contributed by atoms with Gasteiger partial charge in [-0.25, -0.2) is 5.84 Å². The molecule has 5 nitrogen and oxygen atoms in total. The van der Waals surface area contributed by atoms with E-state index >= 15 is 0 Å². The lowest BCUT2D eigenvalue weighted by Crippen LogP contribution is -2.45. The van der Waals surface area contributed by atoms with Crippen LogP contribution in [0.2, 0.25) is 0 Å². The van der Waals surface area contributed by atoms with E-state index in [4.69, 9.17) is 16.7 Å². The Hall–Kier alpha value is -0.780. The van der Waals surface area contributed by atoms with Crippen LogP contribution < -0.4 is 11.6 Å². The van der Waals surface area contributed by atoms with Crippen LogP contribution in [0.4, 0.5) is 0 Å².